The van der Waals surface area contributed by atoms with Crippen molar-refractivity contribution in [2.75, 3.05) is 5.73 Å². The molecule has 4 heteroatoms. The fourth-order valence-electron chi connectivity index (χ4n) is 1.92. The van der Waals surface area contributed by atoms with E-state index in [1.165, 1.54) is 0 Å². The van der Waals surface area contributed by atoms with Crippen LogP contribution in [0.4, 0.5) is 5.69 Å². The normalized spacial score (nSPS) is 10.6. The molecule has 0 saturated heterocycles. The zero-order chi connectivity index (χ0) is 13.2. The van der Waals surface area contributed by atoms with Gasteiger partial charge in [-0.05, 0) is 35.9 Å². The summed E-state index contributed by atoms with van der Waals surface area (Å²) in [5.41, 5.74) is 9.70. The first kappa shape index (κ1) is 12.0. The van der Waals surface area contributed by atoms with E-state index in [1.807, 2.05) is 53.5 Å². The summed E-state index contributed by atoms with van der Waals surface area (Å²) >= 11 is 3.43. The summed E-state index contributed by atoms with van der Waals surface area (Å²) in [4.78, 5) is 0. The SMILES string of the molecule is Nc1cccc(-n2cc(-c3ccc(Br)cc3)cn2)c1. The monoisotopic (exact) mass is 313 g/mol. The van der Waals surface area contributed by atoms with Gasteiger partial charge < -0.3 is 5.73 Å². The second-order valence-electron chi connectivity index (χ2n) is 4.28. The molecule has 2 N–H and O–H groups in total. The van der Waals surface area contributed by atoms with Gasteiger partial charge in [0.1, 0.15) is 0 Å². The Labute approximate surface area is 119 Å². The Bertz CT molecular complexity index is 701. The van der Waals surface area contributed by atoms with Crippen LogP contribution in [-0.4, -0.2) is 9.78 Å². The highest BCUT2D eigenvalue weighted by molar-refractivity contribution is 9.10. The van der Waals surface area contributed by atoms with E-state index < -0.39 is 0 Å². The number of anilines is 1. The molecular formula is C15H12BrN3. The third-order valence-corrected chi connectivity index (χ3v) is 3.42. The van der Waals surface area contributed by atoms with Crippen LogP contribution in [0, 0.1) is 0 Å². The molecule has 0 unspecified atom stereocenters. The number of nitrogen functional groups attached to an aromatic ring is 1. The number of rotatable bonds is 2. The largest absolute Gasteiger partial charge is 0.399 e. The maximum Gasteiger partial charge on any atom is 0.0666 e. The molecule has 0 aliphatic rings. The summed E-state index contributed by atoms with van der Waals surface area (Å²) in [6.07, 6.45) is 3.85. The van der Waals surface area contributed by atoms with Crippen molar-refractivity contribution in [2.24, 2.45) is 0 Å². The molecule has 3 rings (SSSR count). The first-order valence-electron chi connectivity index (χ1n) is 5.89. The number of nitrogens with zero attached hydrogens (tertiary/aromatic N) is 2. The van der Waals surface area contributed by atoms with Crippen LogP contribution in [-0.2, 0) is 0 Å². The van der Waals surface area contributed by atoms with Crippen molar-refractivity contribution in [3.8, 4) is 16.8 Å². The lowest BCUT2D eigenvalue weighted by molar-refractivity contribution is 0.881. The maximum absolute atomic E-state index is 5.78. The van der Waals surface area contributed by atoms with Gasteiger partial charge in [-0.25, -0.2) is 4.68 Å². The van der Waals surface area contributed by atoms with Crippen molar-refractivity contribution < 1.29 is 0 Å². The summed E-state index contributed by atoms with van der Waals surface area (Å²) in [5, 5.41) is 4.38. The van der Waals surface area contributed by atoms with Crippen LogP contribution in [0.25, 0.3) is 16.8 Å². The molecule has 3 nitrogen and oxygen atoms in total. The Balaban J connectivity index is 1.97. The predicted molar refractivity (Wildman–Crippen MR) is 81.1 cm³/mol. The zero-order valence-corrected chi connectivity index (χ0v) is 11.7. The van der Waals surface area contributed by atoms with Gasteiger partial charge in [-0.1, -0.05) is 34.1 Å². The molecule has 3 aromatic rings. The molecule has 19 heavy (non-hydrogen) atoms. The molecule has 0 fully saturated rings. The first-order chi connectivity index (χ1) is 9.22. The number of halogens is 1. The Morgan fingerprint density at radius 1 is 1.00 bits per heavy atom. The Hall–Kier alpha value is -2.07. The molecule has 94 valence electrons. The predicted octanol–water partition coefficient (Wildman–Crippen LogP) is 3.88. The third-order valence-electron chi connectivity index (χ3n) is 2.89. The van der Waals surface area contributed by atoms with Crippen LogP contribution >= 0.6 is 15.9 Å². The van der Waals surface area contributed by atoms with Crippen LogP contribution in [0.5, 0.6) is 0 Å². The van der Waals surface area contributed by atoms with Crippen molar-refractivity contribution in [3.05, 3.63) is 65.4 Å². The van der Waals surface area contributed by atoms with Crippen molar-refractivity contribution in [1.82, 2.24) is 9.78 Å². The number of hydrogen-bond donors (Lipinski definition) is 1. The first-order valence-corrected chi connectivity index (χ1v) is 6.68. The molecule has 0 atom stereocenters. The van der Waals surface area contributed by atoms with E-state index in [0.717, 1.165) is 27.0 Å². The second-order valence-corrected chi connectivity index (χ2v) is 5.19. The van der Waals surface area contributed by atoms with Gasteiger partial charge >= 0.3 is 0 Å². The lowest BCUT2D eigenvalue weighted by Gasteiger charge is -2.01. The highest BCUT2D eigenvalue weighted by Crippen LogP contribution is 2.22. The van der Waals surface area contributed by atoms with Crippen LogP contribution in [0.2, 0.25) is 0 Å². The van der Waals surface area contributed by atoms with Crippen LogP contribution in [0.15, 0.2) is 65.4 Å². The molecule has 0 aliphatic carbocycles. The average molecular weight is 314 g/mol. The van der Waals surface area contributed by atoms with E-state index >= 15 is 0 Å². The minimum absolute atomic E-state index is 0.734. The number of hydrogen-bond acceptors (Lipinski definition) is 2. The molecule has 0 amide bonds. The van der Waals surface area contributed by atoms with E-state index in [-0.39, 0.29) is 0 Å². The van der Waals surface area contributed by atoms with Gasteiger partial charge in [-0.2, -0.15) is 5.10 Å². The lowest BCUT2D eigenvalue weighted by atomic mass is 10.1. The van der Waals surface area contributed by atoms with E-state index in [1.54, 1.807) is 0 Å². The summed E-state index contributed by atoms with van der Waals surface area (Å²) in [6.45, 7) is 0. The van der Waals surface area contributed by atoms with Crippen molar-refractivity contribution in [2.45, 2.75) is 0 Å². The topological polar surface area (TPSA) is 43.8 Å². The fourth-order valence-corrected chi connectivity index (χ4v) is 2.19. The Morgan fingerprint density at radius 2 is 1.79 bits per heavy atom. The molecule has 0 bridgehead atoms. The highest BCUT2D eigenvalue weighted by Gasteiger charge is 2.03. The minimum Gasteiger partial charge on any atom is -0.399 e. The highest BCUT2D eigenvalue weighted by atomic mass is 79.9. The average Bonchev–Trinajstić information content (AvgIpc) is 2.89. The molecule has 0 radical (unpaired) electrons. The number of benzene rings is 2. The van der Waals surface area contributed by atoms with Gasteiger partial charge in [-0.3, -0.25) is 0 Å². The van der Waals surface area contributed by atoms with Crippen LogP contribution < -0.4 is 5.73 Å². The summed E-state index contributed by atoms with van der Waals surface area (Å²) in [5.74, 6) is 0. The van der Waals surface area contributed by atoms with Crippen molar-refractivity contribution in [3.63, 3.8) is 0 Å². The number of nitrogens with two attached hydrogens (primary N) is 1. The second kappa shape index (κ2) is 4.90. The minimum atomic E-state index is 0.734. The zero-order valence-electron chi connectivity index (χ0n) is 10.1. The van der Waals surface area contributed by atoms with Gasteiger partial charge in [0.05, 0.1) is 11.9 Å². The Kier molecular flexibility index (Phi) is 3.09. The third kappa shape index (κ3) is 2.53. The lowest BCUT2D eigenvalue weighted by Crippen LogP contribution is -1.95. The fraction of sp³-hybridized carbons (Fsp3) is 0. The van der Waals surface area contributed by atoms with Gasteiger partial charge in [0, 0.05) is 21.9 Å². The molecule has 0 aliphatic heterocycles. The molecule has 2 aromatic carbocycles. The molecule has 1 heterocycles. The van der Waals surface area contributed by atoms with E-state index in [9.17, 15) is 0 Å². The van der Waals surface area contributed by atoms with Crippen LogP contribution in [0.1, 0.15) is 0 Å². The molecule has 0 spiro atoms. The van der Waals surface area contributed by atoms with E-state index in [4.69, 9.17) is 5.73 Å². The van der Waals surface area contributed by atoms with Crippen LogP contribution in [0.3, 0.4) is 0 Å². The van der Waals surface area contributed by atoms with Gasteiger partial charge in [-0.15, -0.1) is 0 Å². The smallest absolute Gasteiger partial charge is 0.0666 e. The van der Waals surface area contributed by atoms with Crippen molar-refractivity contribution in [1.29, 1.82) is 0 Å². The Morgan fingerprint density at radius 3 is 2.53 bits per heavy atom. The summed E-state index contributed by atoms with van der Waals surface area (Å²) < 4.78 is 2.90. The quantitative estimate of drug-likeness (QED) is 0.729. The van der Waals surface area contributed by atoms with Gasteiger partial charge in [0.25, 0.3) is 0 Å². The molecule has 1 aromatic heterocycles. The van der Waals surface area contributed by atoms with Crippen molar-refractivity contribution >= 4 is 21.6 Å². The van der Waals surface area contributed by atoms with E-state index in [0.29, 0.717) is 0 Å². The molecule has 0 saturated carbocycles. The van der Waals surface area contributed by atoms with E-state index in [2.05, 4.69) is 33.2 Å². The maximum atomic E-state index is 5.78. The molecular weight excluding hydrogens is 302 g/mol. The standard InChI is InChI=1S/C15H12BrN3/c16-13-6-4-11(5-7-13)12-9-18-19(10-12)15-3-1-2-14(17)8-15/h1-10H,17H2. The summed E-state index contributed by atoms with van der Waals surface area (Å²) in [6, 6.07) is 15.8. The number of aromatic nitrogens is 2. The van der Waals surface area contributed by atoms with Gasteiger partial charge in [0.2, 0.25) is 0 Å². The summed E-state index contributed by atoms with van der Waals surface area (Å²) in [7, 11) is 0. The van der Waals surface area contributed by atoms with Gasteiger partial charge in [0.15, 0.2) is 0 Å².